The van der Waals surface area contributed by atoms with Gasteiger partial charge in [0.2, 0.25) is 0 Å². The average molecular weight is 315 g/mol. The topological polar surface area (TPSA) is 86.3 Å². The van der Waals surface area contributed by atoms with Gasteiger partial charge in [0.15, 0.2) is 5.82 Å². The van der Waals surface area contributed by atoms with Crippen molar-refractivity contribution in [1.29, 1.82) is 0 Å². The van der Waals surface area contributed by atoms with Crippen molar-refractivity contribution in [3.63, 3.8) is 0 Å². The summed E-state index contributed by atoms with van der Waals surface area (Å²) in [5.74, 6) is 2.18. The number of rotatable bonds is 5. The molecule has 2 amide bonds. The van der Waals surface area contributed by atoms with E-state index in [4.69, 9.17) is 10.5 Å². The third kappa shape index (κ3) is 3.28. The fourth-order valence-electron chi connectivity index (χ4n) is 2.91. The molecule has 2 heterocycles. The van der Waals surface area contributed by atoms with Crippen LogP contribution in [0.1, 0.15) is 37.5 Å². The minimum Gasteiger partial charge on any atom is -0.486 e. The number of nitrogens with two attached hydrogens (primary N) is 1. The van der Waals surface area contributed by atoms with Crippen molar-refractivity contribution in [3.05, 3.63) is 42.0 Å². The van der Waals surface area contributed by atoms with E-state index in [0.717, 1.165) is 24.4 Å². The highest BCUT2D eigenvalue weighted by atomic mass is 16.5. The number of urea groups is 1. The fourth-order valence-corrected chi connectivity index (χ4v) is 2.91. The van der Waals surface area contributed by atoms with Crippen molar-refractivity contribution in [2.24, 2.45) is 5.73 Å². The Balaban J connectivity index is 1.76. The number of carbonyl (C=O) groups excluding carboxylic acids is 1. The van der Waals surface area contributed by atoms with Crippen LogP contribution in [0.3, 0.4) is 0 Å². The lowest BCUT2D eigenvalue weighted by Gasteiger charge is -2.21. The van der Waals surface area contributed by atoms with Crippen molar-refractivity contribution in [3.8, 4) is 5.75 Å². The number of aromatic nitrogens is 3. The number of carbonyl (C=O) groups is 1. The molecule has 1 fully saturated rings. The normalized spacial score (nSPS) is 17.4. The molecule has 1 aromatic carbocycles. The Bertz CT molecular complexity index is 670. The number of nitrogens with zero attached hydrogens (tertiary/aromatic N) is 4. The van der Waals surface area contributed by atoms with Gasteiger partial charge in [-0.05, 0) is 31.9 Å². The Morgan fingerprint density at radius 2 is 2.17 bits per heavy atom. The van der Waals surface area contributed by atoms with Crippen LogP contribution < -0.4 is 10.5 Å². The maximum absolute atomic E-state index is 11.6. The number of aryl methyl sites for hydroxylation is 1. The van der Waals surface area contributed by atoms with Crippen LogP contribution in [0.15, 0.2) is 30.3 Å². The molecule has 3 rings (SSSR count). The number of hydrogen-bond donors (Lipinski definition) is 1. The summed E-state index contributed by atoms with van der Waals surface area (Å²) in [7, 11) is 0. The molecule has 2 aromatic rings. The van der Waals surface area contributed by atoms with Crippen molar-refractivity contribution < 1.29 is 9.53 Å². The third-order valence-corrected chi connectivity index (χ3v) is 3.99. The summed E-state index contributed by atoms with van der Waals surface area (Å²) in [4.78, 5) is 17.8. The molecule has 0 unspecified atom stereocenters. The van der Waals surface area contributed by atoms with E-state index in [1.807, 2.05) is 41.9 Å². The number of likely N-dealkylation sites (tertiary alicyclic amines) is 1. The molecule has 1 aromatic heterocycles. The Morgan fingerprint density at radius 1 is 1.39 bits per heavy atom. The molecule has 0 aliphatic carbocycles. The largest absolute Gasteiger partial charge is 0.486 e. The molecule has 7 nitrogen and oxygen atoms in total. The summed E-state index contributed by atoms with van der Waals surface area (Å²) in [6, 6.07) is 9.07. The summed E-state index contributed by atoms with van der Waals surface area (Å²) in [5, 5.41) is 4.48. The van der Waals surface area contributed by atoms with Gasteiger partial charge in [0, 0.05) is 13.1 Å². The smallest absolute Gasteiger partial charge is 0.315 e. The molecule has 0 spiro atoms. The number of para-hydroxylation sites is 1. The van der Waals surface area contributed by atoms with Gasteiger partial charge in [-0.15, -0.1) is 0 Å². The number of hydrogen-bond acceptors (Lipinski definition) is 4. The van der Waals surface area contributed by atoms with Crippen molar-refractivity contribution >= 4 is 6.03 Å². The summed E-state index contributed by atoms with van der Waals surface area (Å²) in [5.41, 5.74) is 5.46. The van der Waals surface area contributed by atoms with Gasteiger partial charge in [-0.25, -0.2) is 14.5 Å². The molecule has 0 saturated carbocycles. The van der Waals surface area contributed by atoms with Crippen LogP contribution >= 0.6 is 0 Å². The Labute approximate surface area is 135 Å². The van der Waals surface area contributed by atoms with E-state index in [1.54, 1.807) is 4.90 Å². The predicted molar refractivity (Wildman–Crippen MR) is 84.7 cm³/mol. The van der Waals surface area contributed by atoms with Gasteiger partial charge < -0.3 is 15.4 Å². The molecular weight excluding hydrogens is 294 g/mol. The van der Waals surface area contributed by atoms with E-state index in [9.17, 15) is 4.79 Å². The van der Waals surface area contributed by atoms with Gasteiger partial charge in [0.1, 0.15) is 18.2 Å². The van der Waals surface area contributed by atoms with Gasteiger partial charge in [-0.1, -0.05) is 18.2 Å². The van der Waals surface area contributed by atoms with Crippen LogP contribution in [-0.2, 0) is 13.2 Å². The average Bonchev–Trinajstić information content (AvgIpc) is 3.20. The third-order valence-electron chi connectivity index (χ3n) is 3.99. The minimum atomic E-state index is -0.403. The van der Waals surface area contributed by atoms with Gasteiger partial charge in [0.05, 0.1) is 6.04 Å². The summed E-state index contributed by atoms with van der Waals surface area (Å²) in [6.45, 7) is 3.67. The second-order valence-corrected chi connectivity index (χ2v) is 5.49. The van der Waals surface area contributed by atoms with E-state index in [1.165, 1.54) is 0 Å². The maximum atomic E-state index is 11.6. The minimum absolute atomic E-state index is 0.0922. The Kier molecular flexibility index (Phi) is 4.45. The highest BCUT2D eigenvalue weighted by molar-refractivity contribution is 5.72. The van der Waals surface area contributed by atoms with E-state index in [0.29, 0.717) is 25.5 Å². The molecule has 0 radical (unpaired) electrons. The van der Waals surface area contributed by atoms with E-state index in [-0.39, 0.29) is 6.04 Å². The van der Waals surface area contributed by atoms with Crippen LogP contribution in [0.5, 0.6) is 5.75 Å². The van der Waals surface area contributed by atoms with Crippen molar-refractivity contribution in [2.45, 2.75) is 39.0 Å². The van der Waals surface area contributed by atoms with E-state index >= 15 is 0 Å². The van der Waals surface area contributed by atoms with Crippen LogP contribution in [0.25, 0.3) is 0 Å². The lowest BCUT2D eigenvalue weighted by molar-refractivity contribution is 0.199. The zero-order valence-electron chi connectivity index (χ0n) is 13.2. The number of benzene rings is 1. The maximum Gasteiger partial charge on any atom is 0.315 e. The van der Waals surface area contributed by atoms with E-state index in [2.05, 4.69) is 10.1 Å². The lowest BCUT2D eigenvalue weighted by atomic mass is 10.2. The quantitative estimate of drug-likeness (QED) is 0.915. The van der Waals surface area contributed by atoms with E-state index < -0.39 is 6.03 Å². The molecule has 23 heavy (non-hydrogen) atoms. The molecule has 122 valence electrons. The zero-order valence-corrected chi connectivity index (χ0v) is 13.2. The van der Waals surface area contributed by atoms with Gasteiger partial charge in [0.25, 0.3) is 0 Å². The first-order chi connectivity index (χ1) is 11.2. The number of ether oxygens (including phenoxy) is 1. The molecule has 1 saturated heterocycles. The second-order valence-electron chi connectivity index (χ2n) is 5.49. The highest BCUT2D eigenvalue weighted by Crippen LogP contribution is 2.30. The molecule has 1 atom stereocenters. The van der Waals surface area contributed by atoms with Gasteiger partial charge in [-0.3, -0.25) is 0 Å². The standard InChI is InChI=1S/C16H21N5O2/c1-2-21-15(13-9-6-10-20(13)16(17)22)18-14(19-21)11-23-12-7-4-3-5-8-12/h3-5,7-8,13H,2,6,9-11H2,1H3,(H2,17,22)/t13-/m0/s1. The molecule has 1 aliphatic rings. The summed E-state index contributed by atoms with van der Waals surface area (Å²) >= 11 is 0. The van der Waals surface area contributed by atoms with Crippen molar-refractivity contribution in [2.75, 3.05) is 6.54 Å². The molecular formula is C16H21N5O2. The second kappa shape index (κ2) is 6.68. The summed E-state index contributed by atoms with van der Waals surface area (Å²) in [6.07, 6.45) is 1.79. The molecule has 0 bridgehead atoms. The zero-order chi connectivity index (χ0) is 16.2. The lowest BCUT2D eigenvalue weighted by Crippen LogP contribution is -2.36. The monoisotopic (exact) mass is 315 g/mol. The first kappa shape index (κ1) is 15.3. The first-order valence-corrected chi connectivity index (χ1v) is 7.86. The predicted octanol–water partition coefficient (Wildman–Crippen LogP) is 2.09. The van der Waals surface area contributed by atoms with Crippen LogP contribution in [0.2, 0.25) is 0 Å². The van der Waals surface area contributed by atoms with Gasteiger partial charge >= 0.3 is 6.03 Å². The van der Waals surface area contributed by atoms with Crippen molar-refractivity contribution in [1.82, 2.24) is 19.7 Å². The highest BCUT2D eigenvalue weighted by Gasteiger charge is 2.32. The Morgan fingerprint density at radius 3 is 2.87 bits per heavy atom. The molecule has 1 aliphatic heterocycles. The number of amides is 2. The van der Waals surface area contributed by atoms with Crippen LogP contribution in [0, 0.1) is 0 Å². The molecule has 7 heteroatoms. The molecule has 2 N–H and O–H groups in total. The SMILES string of the molecule is CCn1nc(COc2ccccc2)nc1[C@@H]1CCCN1C(N)=O. The van der Waals surface area contributed by atoms with Gasteiger partial charge in [-0.2, -0.15) is 5.10 Å². The summed E-state index contributed by atoms with van der Waals surface area (Å²) < 4.78 is 7.53. The first-order valence-electron chi connectivity index (χ1n) is 7.86. The Hall–Kier alpha value is -2.57. The van der Waals surface area contributed by atoms with Crippen LogP contribution in [0.4, 0.5) is 4.79 Å². The fraction of sp³-hybridized carbons (Fsp3) is 0.438. The number of primary amides is 1. The van der Waals surface area contributed by atoms with Crippen LogP contribution in [-0.4, -0.2) is 32.2 Å².